The van der Waals surface area contributed by atoms with Crippen LogP contribution in [-0.2, 0) is 4.79 Å². The third kappa shape index (κ3) is 1.29. The highest BCUT2D eigenvalue weighted by Crippen LogP contribution is 2.58. The molecular weight excluding hydrogens is 266 g/mol. The SMILES string of the molecule is NC(=O)C1(F)C=C(F)C(F)(F)C(F)(F)C1(F)F. The van der Waals surface area contributed by atoms with Gasteiger partial charge in [-0.25, -0.2) is 8.78 Å². The molecule has 0 saturated heterocycles. The van der Waals surface area contributed by atoms with E-state index in [9.17, 15) is 39.9 Å². The maximum atomic E-state index is 13.2. The smallest absolute Gasteiger partial charge is 0.366 e. The Morgan fingerprint density at radius 1 is 1.00 bits per heavy atom. The zero-order valence-electron chi connectivity index (χ0n) is 7.59. The highest BCUT2D eigenvalue weighted by Gasteiger charge is 2.85. The van der Waals surface area contributed by atoms with Gasteiger partial charge in [0.25, 0.3) is 11.6 Å². The monoisotopic (exact) mass is 269 g/mol. The summed E-state index contributed by atoms with van der Waals surface area (Å²) in [6.07, 6.45) is -1.23. The van der Waals surface area contributed by atoms with Crippen LogP contribution in [0.4, 0.5) is 35.1 Å². The van der Waals surface area contributed by atoms with Gasteiger partial charge in [-0.2, -0.15) is 26.3 Å². The van der Waals surface area contributed by atoms with Crippen LogP contribution in [0.5, 0.6) is 0 Å². The van der Waals surface area contributed by atoms with Gasteiger partial charge in [0.2, 0.25) is 0 Å². The van der Waals surface area contributed by atoms with Crippen LogP contribution in [0.1, 0.15) is 0 Å². The molecule has 1 atom stereocenters. The largest absolute Gasteiger partial charge is 0.382 e. The van der Waals surface area contributed by atoms with Crippen molar-refractivity contribution in [3.63, 3.8) is 0 Å². The number of hydrogen-bond donors (Lipinski definition) is 1. The molecule has 10 heteroatoms. The van der Waals surface area contributed by atoms with Crippen molar-refractivity contribution >= 4 is 5.91 Å². The Morgan fingerprint density at radius 3 is 1.76 bits per heavy atom. The second-order valence-electron chi connectivity index (χ2n) is 3.29. The normalized spacial score (nSPS) is 34.0. The van der Waals surface area contributed by atoms with Gasteiger partial charge in [0.05, 0.1) is 0 Å². The lowest BCUT2D eigenvalue weighted by atomic mass is 9.82. The van der Waals surface area contributed by atoms with Crippen LogP contribution < -0.4 is 5.73 Å². The average Bonchev–Trinajstić information content (AvgIpc) is 2.14. The van der Waals surface area contributed by atoms with Crippen molar-refractivity contribution in [2.24, 2.45) is 5.73 Å². The molecule has 0 radical (unpaired) electrons. The summed E-state index contributed by atoms with van der Waals surface area (Å²) < 4.78 is 102. The molecule has 0 aliphatic heterocycles. The van der Waals surface area contributed by atoms with Crippen LogP contribution in [-0.4, -0.2) is 29.3 Å². The predicted octanol–water partition coefficient (Wildman–Crippen LogP) is 1.95. The minimum atomic E-state index is -6.43. The maximum Gasteiger partial charge on any atom is 0.382 e. The Balaban J connectivity index is 3.63. The molecule has 0 bridgehead atoms. The van der Waals surface area contributed by atoms with Crippen molar-refractivity contribution in [2.75, 3.05) is 0 Å². The van der Waals surface area contributed by atoms with E-state index >= 15 is 0 Å². The summed E-state index contributed by atoms with van der Waals surface area (Å²) in [5.74, 6) is -24.4. The van der Waals surface area contributed by atoms with Crippen LogP contribution in [0.15, 0.2) is 11.9 Å². The summed E-state index contributed by atoms with van der Waals surface area (Å²) in [6.45, 7) is 0. The van der Waals surface area contributed by atoms with Crippen LogP contribution in [0.3, 0.4) is 0 Å². The molecule has 1 aliphatic carbocycles. The van der Waals surface area contributed by atoms with Crippen molar-refractivity contribution in [1.82, 2.24) is 0 Å². The van der Waals surface area contributed by atoms with Gasteiger partial charge < -0.3 is 5.73 Å². The summed E-state index contributed by atoms with van der Waals surface area (Å²) in [7, 11) is 0. The number of rotatable bonds is 1. The number of allylic oxidation sites excluding steroid dienone is 1. The predicted molar refractivity (Wildman–Crippen MR) is 37.1 cm³/mol. The summed E-state index contributed by atoms with van der Waals surface area (Å²) in [5, 5.41) is 0. The zero-order valence-corrected chi connectivity index (χ0v) is 7.59. The first kappa shape index (κ1) is 13.7. The van der Waals surface area contributed by atoms with E-state index < -0.39 is 41.2 Å². The van der Waals surface area contributed by atoms with Crippen LogP contribution in [0.2, 0.25) is 0 Å². The fraction of sp³-hybridized carbons (Fsp3) is 0.571. The molecule has 0 aromatic carbocycles. The first-order valence-electron chi connectivity index (χ1n) is 3.83. The summed E-state index contributed by atoms with van der Waals surface area (Å²) in [6, 6.07) is 0. The van der Waals surface area contributed by atoms with E-state index in [1.807, 2.05) is 0 Å². The van der Waals surface area contributed by atoms with Crippen LogP contribution >= 0.6 is 0 Å². The number of primary amides is 1. The second-order valence-corrected chi connectivity index (χ2v) is 3.29. The van der Waals surface area contributed by atoms with E-state index in [2.05, 4.69) is 5.73 Å². The number of carbonyl (C=O) groups excluding carboxylic acids is 1. The quantitative estimate of drug-likeness (QED) is 0.726. The Labute approximate surface area is 88.1 Å². The fourth-order valence-electron chi connectivity index (χ4n) is 1.16. The Kier molecular flexibility index (Phi) is 2.50. The van der Waals surface area contributed by atoms with E-state index in [1.165, 1.54) is 0 Å². The highest BCUT2D eigenvalue weighted by atomic mass is 19.4. The average molecular weight is 269 g/mol. The van der Waals surface area contributed by atoms with Crippen molar-refractivity contribution < 1.29 is 39.9 Å². The van der Waals surface area contributed by atoms with Gasteiger partial charge in [-0.1, -0.05) is 0 Å². The van der Waals surface area contributed by atoms with Gasteiger partial charge in [0.1, 0.15) is 0 Å². The minimum absolute atomic E-state index is 1.23. The van der Waals surface area contributed by atoms with E-state index in [4.69, 9.17) is 0 Å². The van der Waals surface area contributed by atoms with Gasteiger partial charge in [0, 0.05) is 6.08 Å². The molecule has 1 unspecified atom stereocenters. The van der Waals surface area contributed by atoms with Crippen molar-refractivity contribution in [3.05, 3.63) is 11.9 Å². The molecule has 17 heavy (non-hydrogen) atoms. The summed E-state index contributed by atoms with van der Waals surface area (Å²) >= 11 is 0. The number of alkyl halides is 7. The standard InChI is InChI=1S/C7H3F8NO/c8-2-1-4(9,3(16)17)6(12,13)7(14,15)5(2,10)11/h1H,(H2,16,17). The van der Waals surface area contributed by atoms with Gasteiger partial charge in [-0.05, 0) is 0 Å². The molecule has 0 aromatic rings. The number of halogens is 8. The van der Waals surface area contributed by atoms with Crippen LogP contribution in [0, 0.1) is 0 Å². The molecule has 0 saturated carbocycles. The molecule has 1 rings (SSSR count). The van der Waals surface area contributed by atoms with E-state index in [0.717, 1.165) is 0 Å². The molecule has 1 amide bonds. The molecule has 2 N–H and O–H groups in total. The first-order chi connectivity index (χ1) is 7.32. The summed E-state index contributed by atoms with van der Waals surface area (Å²) in [4.78, 5) is 10.3. The summed E-state index contributed by atoms with van der Waals surface area (Å²) in [5.41, 5.74) is -0.960. The van der Waals surface area contributed by atoms with E-state index in [0.29, 0.717) is 0 Å². The fourth-order valence-corrected chi connectivity index (χ4v) is 1.16. The number of carbonyl (C=O) groups is 1. The lowest BCUT2D eigenvalue weighted by Gasteiger charge is -2.40. The second kappa shape index (κ2) is 3.10. The van der Waals surface area contributed by atoms with Crippen molar-refractivity contribution in [2.45, 2.75) is 23.4 Å². The van der Waals surface area contributed by atoms with E-state index in [1.54, 1.807) is 0 Å². The first-order valence-corrected chi connectivity index (χ1v) is 3.83. The lowest BCUT2D eigenvalue weighted by molar-refractivity contribution is -0.332. The van der Waals surface area contributed by atoms with Crippen molar-refractivity contribution in [3.8, 4) is 0 Å². The Hall–Kier alpha value is -1.35. The molecule has 1 aliphatic rings. The number of hydrogen-bond acceptors (Lipinski definition) is 1. The lowest BCUT2D eigenvalue weighted by Crippen LogP contribution is -2.69. The Bertz CT molecular complexity index is 403. The third-order valence-electron chi connectivity index (χ3n) is 2.23. The maximum absolute atomic E-state index is 13.2. The highest BCUT2D eigenvalue weighted by molar-refractivity contribution is 5.88. The topological polar surface area (TPSA) is 43.1 Å². The van der Waals surface area contributed by atoms with Gasteiger partial charge >= 0.3 is 17.8 Å². The van der Waals surface area contributed by atoms with Crippen LogP contribution in [0.25, 0.3) is 0 Å². The molecule has 0 heterocycles. The third-order valence-corrected chi connectivity index (χ3v) is 2.23. The molecule has 98 valence electrons. The van der Waals surface area contributed by atoms with Gasteiger partial charge in [-0.15, -0.1) is 0 Å². The zero-order chi connectivity index (χ0) is 13.9. The Morgan fingerprint density at radius 2 is 1.41 bits per heavy atom. The molecule has 0 fully saturated rings. The number of nitrogens with two attached hydrogens (primary N) is 1. The molecular formula is C7H3F8NO. The molecule has 2 nitrogen and oxygen atoms in total. The van der Waals surface area contributed by atoms with Gasteiger partial charge in [-0.3, -0.25) is 4.79 Å². The van der Waals surface area contributed by atoms with Crippen molar-refractivity contribution in [1.29, 1.82) is 0 Å². The minimum Gasteiger partial charge on any atom is -0.366 e. The van der Waals surface area contributed by atoms with E-state index in [-0.39, 0.29) is 0 Å². The number of amides is 1. The molecule has 0 aromatic heterocycles. The molecule has 0 spiro atoms. The van der Waals surface area contributed by atoms with Gasteiger partial charge in [0.15, 0.2) is 5.83 Å².